The molecule has 1 amide bonds. The zero-order chi connectivity index (χ0) is 22.4. The van der Waals surface area contributed by atoms with E-state index in [-0.39, 0.29) is 17.6 Å². The van der Waals surface area contributed by atoms with E-state index in [1.54, 1.807) is 6.07 Å². The van der Waals surface area contributed by atoms with Gasteiger partial charge in [-0.25, -0.2) is 12.7 Å². The Morgan fingerprint density at radius 2 is 1.81 bits per heavy atom. The number of nitrogens with zero attached hydrogens (tertiary/aromatic N) is 1. The molecule has 1 aliphatic rings. The van der Waals surface area contributed by atoms with E-state index in [2.05, 4.69) is 5.32 Å². The number of piperidine rings is 1. The minimum atomic E-state index is -3.39. The second-order valence-electron chi connectivity index (χ2n) is 7.97. The number of halogens is 1. The SMILES string of the molecule is Cc1ccc(CS(=O)(=O)N2CCC(C(=O)NCCOc3ccc(C)c(Cl)c3)CC2)cc1. The first-order valence-corrected chi connectivity index (χ1v) is 12.4. The van der Waals surface area contributed by atoms with Crippen LogP contribution in [0.5, 0.6) is 5.75 Å². The summed E-state index contributed by atoms with van der Waals surface area (Å²) in [5.41, 5.74) is 2.86. The first-order valence-electron chi connectivity index (χ1n) is 10.4. The van der Waals surface area contributed by atoms with Gasteiger partial charge in [0.15, 0.2) is 0 Å². The van der Waals surface area contributed by atoms with E-state index in [9.17, 15) is 13.2 Å². The Bertz CT molecular complexity index is 1000. The summed E-state index contributed by atoms with van der Waals surface area (Å²) in [6, 6.07) is 13.0. The van der Waals surface area contributed by atoms with E-state index in [1.807, 2.05) is 50.2 Å². The molecular weight excluding hydrogens is 436 g/mol. The molecule has 1 fully saturated rings. The molecule has 0 unspecified atom stereocenters. The standard InChI is InChI=1S/C23H29ClN2O4S/c1-17-3-6-19(7-4-17)16-31(28,29)26-12-9-20(10-13-26)23(27)25-11-14-30-21-8-5-18(2)22(24)15-21/h3-8,15,20H,9-14,16H2,1-2H3,(H,25,27). The molecule has 1 N–H and O–H groups in total. The number of amides is 1. The van der Waals surface area contributed by atoms with Crippen LogP contribution in [0.15, 0.2) is 42.5 Å². The van der Waals surface area contributed by atoms with Crippen LogP contribution in [0.1, 0.15) is 29.5 Å². The van der Waals surface area contributed by atoms with Crippen LogP contribution in [-0.2, 0) is 20.6 Å². The monoisotopic (exact) mass is 464 g/mol. The molecule has 1 aliphatic heterocycles. The molecule has 0 saturated carbocycles. The fourth-order valence-electron chi connectivity index (χ4n) is 3.53. The smallest absolute Gasteiger partial charge is 0.223 e. The number of rotatable bonds is 8. The number of benzene rings is 2. The largest absolute Gasteiger partial charge is 0.492 e. The van der Waals surface area contributed by atoms with E-state index >= 15 is 0 Å². The lowest BCUT2D eigenvalue weighted by Crippen LogP contribution is -2.43. The van der Waals surface area contributed by atoms with Crippen molar-refractivity contribution >= 4 is 27.5 Å². The normalized spacial score (nSPS) is 15.6. The van der Waals surface area contributed by atoms with Crippen LogP contribution >= 0.6 is 11.6 Å². The van der Waals surface area contributed by atoms with Gasteiger partial charge in [0.1, 0.15) is 12.4 Å². The zero-order valence-electron chi connectivity index (χ0n) is 17.9. The van der Waals surface area contributed by atoms with Gasteiger partial charge in [-0.1, -0.05) is 47.5 Å². The van der Waals surface area contributed by atoms with E-state index in [0.717, 1.165) is 16.7 Å². The molecule has 3 rings (SSSR count). The van der Waals surface area contributed by atoms with Crippen LogP contribution in [0.2, 0.25) is 5.02 Å². The Balaban J connectivity index is 1.40. The number of aryl methyl sites for hydroxylation is 2. The van der Waals surface area contributed by atoms with E-state index in [1.165, 1.54) is 4.31 Å². The molecule has 31 heavy (non-hydrogen) atoms. The third kappa shape index (κ3) is 6.69. The Morgan fingerprint density at radius 1 is 1.13 bits per heavy atom. The summed E-state index contributed by atoms with van der Waals surface area (Å²) in [5, 5.41) is 3.53. The number of carbonyl (C=O) groups excluding carboxylic acids is 1. The average Bonchev–Trinajstić information content (AvgIpc) is 2.75. The highest BCUT2D eigenvalue weighted by molar-refractivity contribution is 7.88. The first kappa shape index (κ1) is 23.6. The maximum atomic E-state index is 12.7. The maximum Gasteiger partial charge on any atom is 0.223 e. The second-order valence-corrected chi connectivity index (χ2v) is 10.3. The molecule has 8 heteroatoms. The average molecular weight is 465 g/mol. The minimum absolute atomic E-state index is 0.00942. The fraction of sp³-hybridized carbons (Fsp3) is 0.435. The third-order valence-corrected chi connectivity index (χ3v) is 7.76. The summed E-state index contributed by atoms with van der Waals surface area (Å²) >= 11 is 6.08. The van der Waals surface area contributed by atoms with Crippen molar-refractivity contribution in [2.24, 2.45) is 5.92 Å². The molecule has 2 aromatic carbocycles. The summed E-state index contributed by atoms with van der Waals surface area (Å²) in [4.78, 5) is 12.4. The molecule has 6 nitrogen and oxygen atoms in total. The molecule has 0 atom stereocenters. The molecular formula is C23H29ClN2O4S. The van der Waals surface area contributed by atoms with Crippen LogP contribution < -0.4 is 10.1 Å². The van der Waals surface area contributed by atoms with Gasteiger partial charge in [-0.15, -0.1) is 0 Å². The van der Waals surface area contributed by atoms with Crippen LogP contribution in [0.4, 0.5) is 0 Å². The minimum Gasteiger partial charge on any atom is -0.492 e. The van der Waals surface area contributed by atoms with Crippen molar-refractivity contribution in [1.29, 1.82) is 0 Å². The molecule has 1 saturated heterocycles. The summed E-state index contributed by atoms with van der Waals surface area (Å²) in [7, 11) is -3.39. The summed E-state index contributed by atoms with van der Waals surface area (Å²) in [6.07, 6.45) is 1.04. The van der Waals surface area contributed by atoms with Gasteiger partial charge in [-0.2, -0.15) is 0 Å². The highest BCUT2D eigenvalue weighted by Gasteiger charge is 2.31. The van der Waals surface area contributed by atoms with Crippen molar-refractivity contribution in [2.45, 2.75) is 32.4 Å². The Kier molecular flexibility index (Phi) is 7.97. The van der Waals surface area contributed by atoms with Gasteiger partial charge < -0.3 is 10.1 Å². The van der Waals surface area contributed by atoms with E-state index in [4.69, 9.17) is 16.3 Å². The van der Waals surface area contributed by atoms with Crippen molar-refractivity contribution in [3.63, 3.8) is 0 Å². The first-order chi connectivity index (χ1) is 14.7. The lowest BCUT2D eigenvalue weighted by atomic mass is 9.97. The van der Waals surface area contributed by atoms with Crippen molar-refractivity contribution in [1.82, 2.24) is 9.62 Å². The third-order valence-electron chi connectivity index (χ3n) is 5.50. The van der Waals surface area contributed by atoms with E-state index < -0.39 is 10.0 Å². The number of ether oxygens (including phenoxy) is 1. The highest BCUT2D eigenvalue weighted by atomic mass is 35.5. The molecule has 168 valence electrons. The Hall–Kier alpha value is -2.09. The fourth-order valence-corrected chi connectivity index (χ4v) is 5.27. The molecule has 0 radical (unpaired) electrons. The van der Waals surface area contributed by atoms with Crippen molar-refractivity contribution in [2.75, 3.05) is 26.2 Å². The van der Waals surface area contributed by atoms with Crippen LogP contribution in [-0.4, -0.2) is 44.9 Å². The summed E-state index contributed by atoms with van der Waals surface area (Å²) in [6.45, 7) is 5.35. The molecule has 0 aliphatic carbocycles. The van der Waals surface area contributed by atoms with Gasteiger partial charge in [0.2, 0.25) is 15.9 Å². The Labute approximate surface area is 189 Å². The molecule has 0 aromatic heterocycles. The van der Waals surface area contributed by atoms with Crippen molar-refractivity contribution in [3.8, 4) is 5.75 Å². The van der Waals surface area contributed by atoms with Gasteiger partial charge in [-0.3, -0.25) is 4.79 Å². The topological polar surface area (TPSA) is 75.7 Å². The number of hydrogen-bond acceptors (Lipinski definition) is 4. The quantitative estimate of drug-likeness (QED) is 0.604. The molecule has 0 bridgehead atoms. The van der Waals surface area contributed by atoms with Gasteiger partial charge in [0.05, 0.1) is 12.3 Å². The molecule has 2 aromatic rings. The Morgan fingerprint density at radius 3 is 2.45 bits per heavy atom. The summed E-state index contributed by atoms with van der Waals surface area (Å²) in [5.74, 6) is 0.419. The van der Waals surface area contributed by atoms with Crippen molar-refractivity contribution in [3.05, 3.63) is 64.2 Å². The highest BCUT2D eigenvalue weighted by Crippen LogP contribution is 2.23. The molecule has 1 heterocycles. The number of hydrogen-bond donors (Lipinski definition) is 1. The van der Waals surface area contributed by atoms with Gasteiger partial charge in [0, 0.05) is 24.0 Å². The predicted octanol–water partition coefficient (Wildman–Crippen LogP) is 3.69. The zero-order valence-corrected chi connectivity index (χ0v) is 19.5. The van der Waals surface area contributed by atoms with Gasteiger partial charge >= 0.3 is 0 Å². The maximum absolute atomic E-state index is 12.7. The number of sulfonamides is 1. The number of nitrogens with one attached hydrogen (secondary N) is 1. The van der Waals surface area contributed by atoms with Crippen LogP contribution in [0, 0.1) is 19.8 Å². The van der Waals surface area contributed by atoms with Gasteiger partial charge in [-0.05, 0) is 49.9 Å². The second kappa shape index (κ2) is 10.5. The van der Waals surface area contributed by atoms with Crippen LogP contribution in [0.25, 0.3) is 0 Å². The van der Waals surface area contributed by atoms with E-state index in [0.29, 0.717) is 49.9 Å². The lowest BCUT2D eigenvalue weighted by Gasteiger charge is -2.30. The summed E-state index contributed by atoms with van der Waals surface area (Å²) < 4.78 is 32.5. The van der Waals surface area contributed by atoms with Gasteiger partial charge in [0.25, 0.3) is 0 Å². The van der Waals surface area contributed by atoms with Crippen molar-refractivity contribution < 1.29 is 17.9 Å². The predicted molar refractivity (Wildman–Crippen MR) is 123 cm³/mol. The molecule has 0 spiro atoms. The van der Waals surface area contributed by atoms with Crippen LogP contribution in [0.3, 0.4) is 0 Å². The lowest BCUT2D eigenvalue weighted by molar-refractivity contribution is -0.126. The number of carbonyl (C=O) groups is 1.